The van der Waals surface area contributed by atoms with Crippen LogP contribution in [0.4, 0.5) is 4.79 Å². The smallest absolute Gasteiger partial charge is 0.409 e. The molecule has 1 aliphatic heterocycles. The van der Waals surface area contributed by atoms with Gasteiger partial charge in [0.1, 0.15) is 5.76 Å². The van der Waals surface area contributed by atoms with Gasteiger partial charge in [0, 0.05) is 38.1 Å². The van der Waals surface area contributed by atoms with Crippen LogP contribution in [0, 0.1) is 0 Å². The molecule has 1 saturated heterocycles. The number of piperidine rings is 1. The number of ether oxygens (including phenoxy) is 1. The number of furan rings is 1. The number of likely N-dealkylation sites (tertiary alicyclic amines) is 1. The van der Waals surface area contributed by atoms with E-state index in [9.17, 15) is 4.79 Å². The Labute approximate surface area is 184 Å². The Hall–Kier alpha value is -1.45. The van der Waals surface area contributed by atoms with Gasteiger partial charge in [0.25, 0.3) is 0 Å². The zero-order valence-electron chi connectivity index (χ0n) is 16.7. The summed E-state index contributed by atoms with van der Waals surface area (Å²) < 4.78 is 10.5. The summed E-state index contributed by atoms with van der Waals surface area (Å²) in [6, 6.07) is 4.73. The number of nitrogens with zero attached hydrogens (tertiary/aromatic N) is 2. The minimum atomic E-state index is -0.202. The van der Waals surface area contributed by atoms with Gasteiger partial charge in [0.05, 0.1) is 12.9 Å². The second-order valence-corrected chi connectivity index (χ2v) is 7.29. The predicted molar refractivity (Wildman–Crippen MR) is 120 cm³/mol. The minimum Gasteiger partial charge on any atom is -0.469 e. The average Bonchev–Trinajstić information content (AvgIpc) is 3.36. The van der Waals surface area contributed by atoms with Gasteiger partial charge in [-0.05, 0) is 44.7 Å². The van der Waals surface area contributed by atoms with Gasteiger partial charge in [-0.3, -0.25) is 4.99 Å². The van der Waals surface area contributed by atoms with Crippen LogP contribution in [0.15, 0.2) is 27.8 Å². The highest BCUT2D eigenvalue weighted by molar-refractivity contribution is 14.0. The third-order valence-corrected chi connectivity index (χ3v) is 5.27. The lowest BCUT2D eigenvalue weighted by molar-refractivity contribution is 0.0963. The molecule has 1 amide bonds. The second kappa shape index (κ2) is 12.2. The van der Waals surface area contributed by atoms with Crippen LogP contribution in [-0.4, -0.2) is 55.3 Å². The molecular formula is C20H33IN4O3. The second-order valence-electron chi connectivity index (χ2n) is 7.29. The molecule has 0 aromatic carbocycles. The molecule has 1 aliphatic carbocycles. The number of amides is 1. The molecule has 2 aliphatic rings. The molecule has 2 heterocycles. The number of hydrogen-bond donors (Lipinski definition) is 2. The molecule has 1 aromatic heterocycles. The number of halogens is 1. The molecule has 2 fully saturated rings. The Morgan fingerprint density at radius 3 is 2.50 bits per heavy atom. The minimum absolute atomic E-state index is 0. The summed E-state index contributed by atoms with van der Waals surface area (Å²) in [6.45, 7) is 4.40. The van der Waals surface area contributed by atoms with Crippen molar-refractivity contribution in [1.82, 2.24) is 15.5 Å². The van der Waals surface area contributed by atoms with Crippen molar-refractivity contribution in [2.75, 3.05) is 26.2 Å². The summed E-state index contributed by atoms with van der Waals surface area (Å²) in [5.41, 5.74) is 0. The molecule has 28 heavy (non-hydrogen) atoms. The molecule has 3 rings (SSSR count). The van der Waals surface area contributed by atoms with E-state index < -0.39 is 0 Å². The van der Waals surface area contributed by atoms with Gasteiger partial charge in [-0.2, -0.15) is 0 Å². The molecule has 2 N–H and O–H groups in total. The summed E-state index contributed by atoms with van der Waals surface area (Å²) >= 11 is 0. The van der Waals surface area contributed by atoms with Gasteiger partial charge >= 0.3 is 6.09 Å². The first kappa shape index (κ1) is 22.8. The Balaban J connectivity index is 0.00000280. The van der Waals surface area contributed by atoms with Crippen LogP contribution in [0.1, 0.15) is 51.2 Å². The van der Waals surface area contributed by atoms with Gasteiger partial charge in [-0.1, -0.05) is 12.8 Å². The third kappa shape index (κ3) is 7.18. The largest absolute Gasteiger partial charge is 0.469 e. The van der Waals surface area contributed by atoms with E-state index in [1.54, 1.807) is 11.2 Å². The lowest BCUT2D eigenvalue weighted by atomic mass is 10.1. The van der Waals surface area contributed by atoms with E-state index in [0.29, 0.717) is 25.2 Å². The fourth-order valence-electron chi connectivity index (χ4n) is 3.74. The number of nitrogens with one attached hydrogen (secondary N) is 2. The highest BCUT2D eigenvalue weighted by Gasteiger charge is 2.25. The van der Waals surface area contributed by atoms with Gasteiger partial charge < -0.3 is 24.7 Å². The predicted octanol–water partition coefficient (Wildman–Crippen LogP) is 3.54. The van der Waals surface area contributed by atoms with Crippen LogP contribution in [0.3, 0.4) is 0 Å². The van der Waals surface area contributed by atoms with Crippen LogP contribution >= 0.6 is 24.0 Å². The lowest BCUT2D eigenvalue weighted by Crippen LogP contribution is -2.51. The van der Waals surface area contributed by atoms with Gasteiger partial charge in [0.15, 0.2) is 5.96 Å². The number of guanidine groups is 1. The topological polar surface area (TPSA) is 79.1 Å². The summed E-state index contributed by atoms with van der Waals surface area (Å²) in [5, 5.41) is 7.18. The first-order valence-corrected chi connectivity index (χ1v) is 10.3. The highest BCUT2D eigenvalue weighted by Crippen LogP contribution is 2.18. The molecule has 0 bridgehead atoms. The number of rotatable bonds is 6. The number of aliphatic imine (C=N–C) groups is 1. The molecular weight excluding hydrogens is 471 g/mol. The van der Waals surface area contributed by atoms with Crippen LogP contribution in [0.2, 0.25) is 0 Å². The van der Waals surface area contributed by atoms with E-state index in [2.05, 4.69) is 10.6 Å². The molecule has 0 spiro atoms. The monoisotopic (exact) mass is 504 g/mol. The van der Waals surface area contributed by atoms with E-state index in [0.717, 1.165) is 44.1 Å². The fourth-order valence-corrected chi connectivity index (χ4v) is 3.74. The molecule has 0 radical (unpaired) electrons. The van der Waals surface area contributed by atoms with Crippen LogP contribution < -0.4 is 10.6 Å². The maximum absolute atomic E-state index is 11.8. The average molecular weight is 504 g/mol. The quantitative estimate of drug-likeness (QED) is 0.352. The van der Waals surface area contributed by atoms with E-state index in [1.165, 1.54) is 25.7 Å². The maximum atomic E-state index is 11.8. The number of carbonyl (C=O) groups is 1. The number of hydrogen-bond acceptors (Lipinski definition) is 4. The molecule has 0 unspecified atom stereocenters. The first-order valence-electron chi connectivity index (χ1n) is 10.3. The van der Waals surface area contributed by atoms with Crippen LogP contribution in [-0.2, 0) is 11.2 Å². The highest BCUT2D eigenvalue weighted by atomic mass is 127. The Bertz CT molecular complexity index is 595. The molecule has 7 nitrogen and oxygen atoms in total. The number of carbonyl (C=O) groups excluding carboxylic acids is 1. The maximum Gasteiger partial charge on any atom is 0.409 e. The standard InChI is InChI=1S/C20H32N4O3.HI/c1-2-26-20(25)24-13-10-17(11-14-24)23-19(22-16-6-3-4-7-16)21-12-9-18-8-5-15-27-18;/h5,8,15-17H,2-4,6-7,9-14H2,1H3,(H2,21,22,23);1H. The zero-order chi connectivity index (χ0) is 18.9. The summed E-state index contributed by atoms with van der Waals surface area (Å²) in [4.78, 5) is 18.4. The van der Waals surface area contributed by atoms with E-state index in [-0.39, 0.29) is 30.1 Å². The summed E-state index contributed by atoms with van der Waals surface area (Å²) in [7, 11) is 0. The Morgan fingerprint density at radius 1 is 1.21 bits per heavy atom. The van der Waals surface area contributed by atoms with Crippen molar-refractivity contribution in [3.63, 3.8) is 0 Å². The van der Waals surface area contributed by atoms with E-state index in [4.69, 9.17) is 14.1 Å². The molecule has 0 atom stereocenters. The third-order valence-electron chi connectivity index (χ3n) is 5.27. The van der Waals surface area contributed by atoms with Gasteiger partial charge in [0.2, 0.25) is 0 Å². The van der Waals surface area contributed by atoms with Gasteiger partial charge in [-0.15, -0.1) is 24.0 Å². The first-order chi connectivity index (χ1) is 13.2. The Kier molecular flexibility index (Phi) is 9.94. The summed E-state index contributed by atoms with van der Waals surface area (Å²) in [6.07, 6.45) is 9.10. The molecule has 1 saturated carbocycles. The van der Waals surface area contributed by atoms with E-state index >= 15 is 0 Å². The lowest BCUT2D eigenvalue weighted by Gasteiger charge is -2.32. The SMILES string of the molecule is CCOC(=O)N1CCC(NC(=NCCc2ccco2)NC2CCCC2)CC1.I. The van der Waals surface area contributed by atoms with Crippen molar-refractivity contribution in [3.8, 4) is 0 Å². The fraction of sp³-hybridized carbons (Fsp3) is 0.700. The van der Waals surface area contributed by atoms with Gasteiger partial charge in [-0.25, -0.2) is 4.79 Å². The molecule has 158 valence electrons. The van der Waals surface area contributed by atoms with Crippen molar-refractivity contribution in [3.05, 3.63) is 24.2 Å². The zero-order valence-corrected chi connectivity index (χ0v) is 19.0. The normalized spacial score (nSPS) is 18.6. The summed E-state index contributed by atoms with van der Waals surface area (Å²) in [5.74, 6) is 1.85. The van der Waals surface area contributed by atoms with Crippen molar-refractivity contribution in [2.24, 2.45) is 4.99 Å². The van der Waals surface area contributed by atoms with Crippen molar-refractivity contribution < 1.29 is 13.9 Å². The molecule has 1 aromatic rings. The van der Waals surface area contributed by atoms with Crippen molar-refractivity contribution >= 4 is 36.0 Å². The van der Waals surface area contributed by atoms with Crippen LogP contribution in [0.25, 0.3) is 0 Å². The Morgan fingerprint density at radius 2 is 1.89 bits per heavy atom. The van der Waals surface area contributed by atoms with Crippen molar-refractivity contribution in [1.29, 1.82) is 0 Å². The van der Waals surface area contributed by atoms with Crippen molar-refractivity contribution in [2.45, 2.75) is 64.0 Å². The van der Waals surface area contributed by atoms with E-state index in [1.807, 2.05) is 19.1 Å². The van der Waals surface area contributed by atoms with Crippen LogP contribution in [0.5, 0.6) is 0 Å². The molecule has 8 heteroatoms.